The van der Waals surface area contributed by atoms with Crippen molar-refractivity contribution in [3.63, 3.8) is 0 Å². The van der Waals surface area contributed by atoms with Gasteiger partial charge in [-0.05, 0) is 42.9 Å². The molecule has 3 saturated carbocycles. The molecule has 1 aromatic rings. The van der Waals surface area contributed by atoms with E-state index in [0.29, 0.717) is 12.8 Å². The summed E-state index contributed by atoms with van der Waals surface area (Å²) >= 11 is 0. The van der Waals surface area contributed by atoms with E-state index in [2.05, 4.69) is 27.4 Å². The molecule has 0 amide bonds. The number of hydrogen-bond acceptors (Lipinski definition) is 7. The summed E-state index contributed by atoms with van der Waals surface area (Å²) in [7, 11) is 0. The van der Waals surface area contributed by atoms with Crippen LogP contribution in [0.25, 0.3) is 0 Å². The van der Waals surface area contributed by atoms with Crippen LogP contribution in [-0.4, -0.2) is 45.9 Å². The number of phenols is 2. The smallest absolute Gasteiger partial charge is 0.344 e. The fourth-order valence-electron chi connectivity index (χ4n) is 7.49. The minimum Gasteiger partial charge on any atom is -0.508 e. The van der Waals surface area contributed by atoms with E-state index in [1.54, 1.807) is 6.08 Å². The minimum absolute atomic E-state index is 0.0906. The average Bonchev–Trinajstić information content (AvgIpc) is 3.16. The van der Waals surface area contributed by atoms with Crippen molar-refractivity contribution in [1.82, 2.24) is 0 Å². The lowest BCUT2D eigenvalue weighted by molar-refractivity contribution is -0.207. The number of carbonyl (C=O) groups excluding carboxylic acids is 2. The Balaban J connectivity index is 1.68. The minimum atomic E-state index is -0.723. The molecule has 192 valence electrons. The van der Waals surface area contributed by atoms with Crippen molar-refractivity contribution < 1.29 is 34.4 Å². The van der Waals surface area contributed by atoms with Crippen molar-refractivity contribution in [2.24, 2.45) is 34.0 Å². The van der Waals surface area contributed by atoms with Crippen molar-refractivity contribution in [3.8, 4) is 17.2 Å². The number of carbonyl (C=O) groups is 2. The van der Waals surface area contributed by atoms with Gasteiger partial charge in [0.25, 0.3) is 0 Å². The number of ether oxygens (including phenoxy) is 2. The number of rotatable bonds is 5. The van der Waals surface area contributed by atoms with Crippen LogP contribution >= 0.6 is 0 Å². The maximum atomic E-state index is 13.4. The van der Waals surface area contributed by atoms with Gasteiger partial charge in [0.1, 0.15) is 29.1 Å². The van der Waals surface area contributed by atoms with Gasteiger partial charge in [-0.1, -0.05) is 33.8 Å². The van der Waals surface area contributed by atoms with Gasteiger partial charge in [-0.15, -0.1) is 6.58 Å². The first-order valence-corrected chi connectivity index (χ1v) is 12.6. The summed E-state index contributed by atoms with van der Waals surface area (Å²) in [6, 6.07) is 3.76. The second kappa shape index (κ2) is 8.84. The number of hydrogen-bond donors (Lipinski definition) is 3. The van der Waals surface area contributed by atoms with Crippen LogP contribution in [-0.2, 0) is 14.3 Å². The molecule has 0 aromatic heterocycles. The molecule has 4 rings (SSSR count). The number of aliphatic hydroxyl groups is 1. The Hall–Kier alpha value is -2.54. The molecule has 3 N–H and O–H groups in total. The fourth-order valence-corrected chi connectivity index (χ4v) is 7.49. The van der Waals surface area contributed by atoms with E-state index in [1.165, 1.54) is 12.1 Å². The van der Waals surface area contributed by atoms with E-state index in [1.807, 2.05) is 6.92 Å². The van der Waals surface area contributed by atoms with E-state index in [9.17, 15) is 24.9 Å². The van der Waals surface area contributed by atoms with Crippen LogP contribution < -0.4 is 4.74 Å². The number of benzene rings is 1. The van der Waals surface area contributed by atoms with Crippen LogP contribution in [0.4, 0.5) is 0 Å². The standard InChI is InChI=1S/C28H38O7/c1-6-26(4)14-22(35-23(32)15-34-20-12-18(29)11-19(30)13-20)27(5)16(2)7-9-28(17(3)25(26)33)10-8-21(31)24(27)28/h6,11-13,16-17,22,24-25,29-30,33H,1,7-10,14-15H2,2-5H3/t16?,17-,22+,24?,25-,26+,27-,28?/m0/s1. The highest BCUT2D eigenvalue weighted by Crippen LogP contribution is 2.68. The predicted molar refractivity (Wildman–Crippen MR) is 130 cm³/mol. The van der Waals surface area contributed by atoms with Crippen LogP contribution in [0.1, 0.15) is 59.8 Å². The molecule has 1 aromatic carbocycles. The third-order valence-electron chi connectivity index (χ3n) is 9.81. The molecule has 0 saturated heterocycles. The summed E-state index contributed by atoms with van der Waals surface area (Å²) < 4.78 is 11.6. The molecule has 3 fully saturated rings. The summed E-state index contributed by atoms with van der Waals surface area (Å²) in [5, 5.41) is 30.9. The maximum Gasteiger partial charge on any atom is 0.344 e. The molecule has 35 heavy (non-hydrogen) atoms. The van der Waals surface area contributed by atoms with E-state index in [0.717, 1.165) is 25.3 Å². The van der Waals surface area contributed by atoms with Gasteiger partial charge < -0.3 is 24.8 Å². The Morgan fingerprint density at radius 2 is 1.83 bits per heavy atom. The van der Waals surface area contributed by atoms with Crippen molar-refractivity contribution in [3.05, 3.63) is 30.9 Å². The van der Waals surface area contributed by atoms with E-state index in [4.69, 9.17) is 9.47 Å². The van der Waals surface area contributed by atoms with Crippen molar-refractivity contribution in [1.29, 1.82) is 0 Å². The number of Topliss-reactive ketones (excluding diaryl/α,β-unsaturated/α-hetero) is 1. The first-order chi connectivity index (χ1) is 16.4. The second-order valence-corrected chi connectivity index (χ2v) is 11.5. The molecule has 7 nitrogen and oxygen atoms in total. The quantitative estimate of drug-likeness (QED) is 0.418. The molecule has 2 bridgehead atoms. The van der Waals surface area contributed by atoms with Gasteiger partial charge in [0.2, 0.25) is 0 Å². The average molecular weight is 487 g/mol. The molecular formula is C28H38O7. The first kappa shape index (κ1) is 25.5. The predicted octanol–water partition coefficient (Wildman–Crippen LogP) is 4.38. The third-order valence-corrected chi connectivity index (χ3v) is 9.81. The van der Waals surface area contributed by atoms with Gasteiger partial charge in [0, 0.05) is 41.4 Å². The number of esters is 1. The zero-order valence-corrected chi connectivity index (χ0v) is 21.1. The van der Waals surface area contributed by atoms with Crippen LogP contribution in [0.2, 0.25) is 0 Å². The lowest BCUT2D eigenvalue weighted by Gasteiger charge is -2.61. The molecule has 0 aliphatic heterocycles. The molecule has 8 atom stereocenters. The second-order valence-electron chi connectivity index (χ2n) is 11.5. The molecule has 3 aliphatic carbocycles. The molecular weight excluding hydrogens is 448 g/mol. The Bertz CT molecular complexity index is 1000. The van der Waals surface area contributed by atoms with E-state index >= 15 is 0 Å². The van der Waals surface area contributed by atoms with Crippen molar-refractivity contribution in [2.75, 3.05) is 6.61 Å². The SMILES string of the molecule is C=C[C@]1(C)C[C@@H](OC(=O)COc2cc(O)cc(O)c2)[C@]2(C)C(C)CCC3(CCC(=O)C32)[C@@H](C)[C@@H]1O. The topological polar surface area (TPSA) is 113 Å². The fraction of sp³-hybridized carbons (Fsp3) is 0.643. The summed E-state index contributed by atoms with van der Waals surface area (Å²) in [6.07, 6.45) is 3.77. The zero-order valence-electron chi connectivity index (χ0n) is 21.1. The van der Waals surface area contributed by atoms with Gasteiger partial charge >= 0.3 is 5.97 Å². The van der Waals surface area contributed by atoms with Gasteiger partial charge in [-0.3, -0.25) is 4.79 Å². The molecule has 3 unspecified atom stereocenters. The van der Waals surface area contributed by atoms with E-state index < -0.39 is 35.6 Å². The number of phenolic OH excluding ortho intramolecular Hbond substituents is 2. The summed E-state index contributed by atoms with van der Waals surface area (Å²) in [5.74, 6) is -0.877. The van der Waals surface area contributed by atoms with Gasteiger partial charge in [-0.25, -0.2) is 4.79 Å². The van der Waals surface area contributed by atoms with Crippen LogP contribution in [0, 0.1) is 34.0 Å². The Morgan fingerprint density at radius 3 is 2.46 bits per heavy atom. The normalized spacial score (nSPS) is 40.8. The van der Waals surface area contributed by atoms with Crippen LogP contribution in [0.15, 0.2) is 30.9 Å². The lowest BCUT2D eigenvalue weighted by atomic mass is 9.44. The van der Waals surface area contributed by atoms with Crippen LogP contribution in [0.3, 0.4) is 0 Å². The number of ketones is 1. The van der Waals surface area contributed by atoms with Crippen molar-refractivity contribution in [2.45, 2.75) is 72.0 Å². The Morgan fingerprint density at radius 1 is 1.17 bits per heavy atom. The number of aromatic hydroxyl groups is 2. The largest absolute Gasteiger partial charge is 0.508 e. The lowest BCUT2D eigenvalue weighted by Crippen LogP contribution is -2.63. The molecule has 0 spiro atoms. The molecule has 3 aliphatic rings. The maximum absolute atomic E-state index is 13.4. The van der Waals surface area contributed by atoms with E-state index in [-0.39, 0.29) is 46.2 Å². The number of aliphatic hydroxyl groups excluding tert-OH is 1. The van der Waals surface area contributed by atoms with Gasteiger partial charge in [-0.2, -0.15) is 0 Å². The Kier molecular flexibility index (Phi) is 6.45. The summed E-state index contributed by atoms with van der Waals surface area (Å²) in [5.41, 5.74) is -1.63. The molecule has 0 heterocycles. The first-order valence-electron chi connectivity index (χ1n) is 12.6. The highest BCUT2D eigenvalue weighted by Gasteiger charge is 2.68. The van der Waals surface area contributed by atoms with Crippen LogP contribution in [0.5, 0.6) is 17.2 Å². The summed E-state index contributed by atoms with van der Waals surface area (Å²) in [4.78, 5) is 26.4. The zero-order chi connectivity index (χ0) is 25.8. The monoisotopic (exact) mass is 486 g/mol. The van der Waals surface area contributed by atoms with Gasteiger partial charge in [0.05, 0.1) is 6.10 Å². The third kappa shape index (κ3) is 4.02. The highest BCUT2D eigenvalue weighted by molar-refractivity contribution is 5.85. The molecule has 0 radical (unpaired) electrons. The Labute approximate surface area is 207 Å². The van der Waals surface area contributed by atoms with Gasteiger partial charge in [0.15, 0.2) is 6.61 Å². The molecule has 7 heteroatoms. The summed E-state index contributed by atoms with van der Waals surface area (Å²) in [6.45, 7) is 11.8. The highest BCUT2D eigenvalue weighted by atomic mass is 16.6. The van der Waals surface area contributed by atoms with Crippen molar-refractivity contribution >= 4 is 11.8 Å².